The van der Waals surface area contributed by atoms with E-state index in [4.69, 9.17) is 4.28 Å². The highest BCUT2D eigenvalue weighted by Crippen LogP contribution is 2.16. The molecule has 0 saturated carbocycles. The Hall–Kier alpha value is -2.38. The molecule has 0 unspecified atom stereocenters. The molecule has 158 valence electrons. The van der Waals surface area contributed by atoms with Crippen LogP contribution in [0.1, 0.15) is 50.7 Å². The Morgan fingerprint density at radius 3 is 1.90 bits per heavy atom. The summed E-state index contributed by atoms with van der Waals surface area (Å²) < 4.78 is 27.4. The first-order valence-electron chi connectivity index (χ1n) is 10.1. The molecule has 0 aliphatic heterocycles. The minimum Gasteiger partial charge on any atom is -0.324 e. The summed E-state index contributed by atoms with van der Waals surface area (Å²) in [6.45, 7) is 4.34. The highest BCUT2D eigenvalue weighted by molar-refractivity contribution is 7.85. The normalized spacial score (nSPS) is 12.0. The summed E-state index contributed by atoms with van der Waals surface area (Å²) in [5.74, 6) is 0.193. The van der Waals surface area contributed by atoms with Gasteiger partial charge in [-0.1, -0.05) is 51.0 Å². The minimum absolute atomic E-state index is 0.193. The molecule has 2 aromatic rings. The molecule has 0 radical (unpaired) electrons. The zero-order valence-corrected chi connectivity index (χ0v) is 18.3. The van der Waals surface area contributed by atoms with Gasteiger partial charge < -0.3 is 5.32 Å². The maximum absolute atomic E-state index is 11.4. The third-order valence-corrected chi connectivity index (χ3v) is 4.71. The van der Waals surface area contributed by atoms with Gasteiger partial charge in [-0.25, -0.2) is 10.5 Å². The third-order valence-electron chi connectivity index (χ3n) is 4.32. The quantitative estimate of drug-likeness (QED) is 0.325. The van der Waals surface area contributed by atoms with Crippen molar-refractivity contribution < 1.29 is 12.7 Å². The van der Waals surface area contributed by atoms with Crippen molar-refractivity contribution >= 4 is 27.5 Å². The maximum atomic E-state index is 11.4. The van der Waals surface area contributed by atoms with Gasteiger partial charge in [0.15, 0.2) is 0 Å². The van der Waals surface area contributed by atoms with Crippen molar-refractivity contribution in [2.75, 3.05) is 11.6 Å². The molecule has 6 nitrogen and oxygen atoms in total. The summed E-state index contributed by atoms with van der Waals surface area (Å²) in [5, 5.41) is 3.08. The van der Waals surface area contributed by atoms with Crippen LogP contribution < -0.4 is 10.8 Å². The lowest BCUT2D eigenvalue weighted by atomic mass is 10.1. The van der Waals surface area contributed by atoms with E-state index in [0.717, 1.165) is 50.5 Å². The van der Waals surface area contributed by atoms with Crippen molar-refractivity contribution in [3.05, 3.63) is 59.7 Å². The first-order chi connectivity index (χ1) is 13.9. The highest BCUT2D eigenvalue weighted by Gasteiger charge is 2.07. The Bertz CT molecular complexity index is 877. The van der Waals surface area contributed by atoms with Crippen LogP contribution in [0.5, 0.6) is 0 Å². The molecule has 0 fully saturated rings. The van der Waals surface area contributed by atoms with E-state index in [1.807, 2.05) is 36.4 Å². The fraction of sp³-hybridized carbons (Fsp3) is 0.409. The van der Waals surface area contributed by atoms with E-state index in [1.54, 1.807) is 0 Å². The molecule has 0 aromatic heterocycles. The van der Waals surface area contributed by atoms with Gasteiger partial charge in [0.1, 0.15) is 0 Å². The van der Waals surface area contributed by atoms with Crippen molar-refractivity contribution in [2.45, 2.75) is 52.4 Å². The third kappa shape index (κ3) is 9.11. The summed E-state index contributed by atoms with van der Waals surface area (Å²) in [6.07, 6.45) is 7.65. The Kier molecular flexibility index (Phi) is 9.15. The lowest BCUT2D eigenvalue weighted by molar-refractivity contribution is 0.271. The molecule has 7 heteroatoms. The molecule has 0 bridgehead atoms. The number of unbranched alkanes of at least 4 members (excludes halogenated alkanes) is 2. The van der Waals surface area contributed by atoms with Crippen LogP contribution in [0, 0.1) is 0 Å². The number of benzene rings is 2. The van der Waals surface area contributed by atoms with Gasteiger partial charge in [-0.3, -0.25) is 0 Å². The number of guanidine groups is 1. The van der Waals surface area contributed by atoms with Crippen molar-refractivity contribution in [1.29, 1.82) is 0 Å². The summed E-state index contributed by atoms with van der Waals surface area (Å²) in [7, 11) is -3.67. The number of nitrogens with one attached hydrogen (secondary N) is 2. The van der Waals surface area contributed by atoms with Crippen LogP contribution in [-0.4, -0.2) is 20.6 Å². The van der Waals surface area contributed by atoms with E-state index in [9.17, 15) is 8.42 Å². The van der Waals surface area contributed by atoms with Crippen LogP contribution in [0.15, 0.2) is 53.5 Å². The molecule has 0 heterocycles. The predicted octanol–water partition coefficient (Wildman–Crippen LogP) is 4.95. The van der Waals surface area contributed by atoms with E-state index < -0.39 is 10.1 Å². The first kappa shape index (κ1) is 22.9. The molecule has 0 atom stereocenters. The highest BCUT2D eigenvalue weighted by atomic mass is 32.2. The molecular weight excluding hydrogens is 386 g/mol. The van der Waals surface area contributed by atoms with Crippen molar-refractivity contribution in [1.82, 2.24) is 5.48 Å². The van der Waals surface area contributed by atoms with Crippen LogP contribution in [-0.2, 0) is 27.2 Å². The second kappa shape index (κ2) is 11.6. The Morgan fingerprint density at radius 1 is 0.897 bits per heavy atom. The number of nitrogens with zero attached hydrogens (tertiary/aromatic N) is 1. The number of rotatable bonds is 10. The topological polar surface area (TPSA) is 79.8 Å². The van der Waals surface area contributed by atoms with Crippen molar-refractivity contribution in [2.24, 2.45) is 4.99 Å². The fourth-order valence-electron chi connectivity index (χ4n) is 2.71. The Labute approximate surface area is 174 Å². The maximum Gasteiger partial charge on any atom is 0.285 e. The molecule has 2 rings (SSSR count). The van der Waals surface area contributed by atoms with E-state index in [-0.39, 0.29) is 5.96 Å². The second-order valence-electron chi connectivity index (χ2n) is 7.05. The van der Waals surface area contributed by atoms with Gasteiger partial charge in [-0.15, -0.1) is 4.28 Å². The fourth-order valence-corrected chi connectivity index (χ4v) is 2.94. The molecule has 29 heavy (non-hydrogen) atoms. The SMILES string of the molecule is CCCCc1ccc(N=C(NOS(C)(=O)=O)Nc2ccc(CCCC)cc2)cc1. The molecule has 0 spiro atoms. The van der Waals surface area contributed by atoms with Crippen LogP contribution >= 0.6 is 0 Å². The van der Waals surface area contributed by atoms with Gasteiger partial charge in [0.2, 0.25) is 5.96 Å². The number of anilines is 1. The smallest absolute Gasteiger partial charge is 0.285 e. The number of hydrogen-bond donors (Lipinski definition) is 2. The summed E-state index contributed by atoms with van der Waals surface area (Å²) >= 11 is 0. The Balaban J connectivity index is 2.14. The van der Waals surface area contributed by atoms with E-state index in [2.05, 4.69) is 41.8 Å². The lowest BCUT2D eigenvalue weighted by Crippen LogP contribution is -2.32. The van der Waals surface area contributed by atoms with Gasteiger partial charge in [-0.2, -0.15) is 8.42 Å². The average molecular weight is 418 g/mol. The summed E-state index contributed by atoms with van der Waals surface area (Å²) in [6, 6.07) is 15.9. The monoisotopic (exact) mass is 417 g/mol. The van der Waals surface area contributed by atoms with Crippen LogP contribution in [0.25, 0.3) is 0 Å². The second-order valence-corrected chi connectivity index (χ2v) is 8.62. The Morgan fingerprint density at radius 2 is 1.41 bits per heavy atom. The lowest BCUT2D eigenvalue weighted by Gasteiger charge is -2.12. The number of hydroxylamine groups is 1. The van der Waals surface area contributed by atoms with Crippen LogP contribution in [0.2, 0.25) is 0 Å². The van der Waals surface area contributed by atoms with Crippen molar-refractivity contribution in [3.63, 3.8) is 0 Å². The summed E-state index contributed by atoms with van der Waals surface area (Å²) in [4.78, 5) is 4.46. The van der Waals surface area contributed by atoms with Crippen LogP contribution in [0.4, 0.5) is 11.4 Å². The van der Waals surface area contributed by atoms with E-state index in [0.29, 0.717) is 5.69 Å². The number of aryl methyl sites for hydroxylation is 2. The van der Waals surface area contributed by atoms with Gasteiger partial charge in [0.25, 0.3) is 10.1 Å². The number of aliphatic imine (C=N–C) groups is 1. The largest absolute Gasteiger partial charge is 0.324 e. The van der Waals surface area contributed by atoms with Gasteiger partial charge in [-0.05, 0) is 61.1 Å². The molecule has 0 aliphatic rings. The van der Waals surface area contributed by atoms with Gasteiger partial charge in [0.05, 0.1) is 11.9 Å². The standard InChI is InChI=1S/C22H31N3O3S/c1-4-6-8-18-10-14-20(15-11-18)23-22(25-28-29(3,26)27)24-21-16-12-19(13-17-21)9-7-5-2/h10-17H,4-9H2,1-3H3,(H2,23,24,25). The zero-order chi connectivity index (χ0) is 21.1. The molecule has 0 saturated heterocycles. The average Bonchev–Trinajstić information content (AvgIpc) is 2.70. The zero-order valence-electron chi connectivity index (χ0n) is 17.4. The van der Waals surface area contributed by atoms with Gasteiger partial charge >= 0.3 is 0 Å². The molecule has 2 aromatic carbocycles. The number of hydrogen-bond acceptors (Lipinski definition) is 4. The molecular formula is C22H31N3O3S. The molecule has 0 aliphatic carbocycles. The van der Waals surface area contributed by atoms with Gasteiger partial charge in [0, 0.05) is 5.69 Å². The molecule has 0 amide bonds. The predicted molar refractivity (Wildman–Crippen MR) is 120 cm³/mol. The van der Waals surface area contributed by atoms with E-state index >= 15 is 0 Å². The molecule has 2 N–H and O–H groups in total. The van der Waals surface area contributed by atoms with Crippen molar-refractivity contribution in [3.8, 4) is 0 Å². The first-order valence-corrected chi connectivity index (χ1v) is 11.9. The minimum atomic E-state index is -3.67. The van der Waals surface area contributed by atoms with Crippen LogP contribution in [0.3, 0.4) is 0 Å². The summed E-state index contributed by atoms with van der Waals surface area (Å²) in [5.41, 5.74) is 6.40. The van der Waals surface area contributed by atoms with E-state index in [1.165, 1.54) is 11.1 Å².